The van der Waals surface area contributed by atoms with Crippen molar-refractivity contribution in [3.63, 3.8) is 0 Å². The maximum absolute atomic E-state index is 12.9. The highest BCUT2D eigenvalue weighted by atomic mass is 32.2. The summed E-state index contributed by atoms with van der Waals surface area (Å²) in [6, 6.07) is 13.0. The molecule has 16 nitrogen and oxygen atoms in total. The first-order valence-corrected chi connectivity index (χ1v) is 16.1. The van der Waals surface area contributed by atoms with Gasteiger partial charge in [-0.15, -0.1) is 10.2 Å². The second-order valence-electron chi connectivity index (χ2n) is 8.62. The average Bonchev–Trinajstić information content (AvgIpc) is 3.63. The summed E-state index contributed by atoms with van der Waals surface area (Å²) in [6.45, 7) is 1.74. The quantitative estimate of drug-likeness (QED) is 0.195. The second kappa shape index (κ2) is 10.8. The van der Waals surface area contributed by atoms with E-state index in [4.69, 9.17) is 0 Å². The molecule has 3 N–H and O–H groups in total. The third-order valence-electron chi connectivity index (χ3n) is 5.77. The maximum Gasteiger partial charge on any atom is 0.294 e. The lowest BCUT2D eigenvalue weighted by molar-refractivity contribution is 0.481. The van der Waals surface area contributed by atoms with Crippen LogP contribution in [0.5, 0.6) is 0 Å². The minimum atomic E-state index is -4.38. The number of nitrogens with one attached hydrogen (secondary N) is 1. The molecule has 0 aliphatic heterocycles. The lowest BCUT2D eigenvalue weighted by atomic mass is 10.2. The van der Waals surface area contributed by atoms with Crippen LogP contribution in [0, 0.1) is 0 Å². The predicted molar refractivity (Wildman–Crippen MR) is 145 cm³/mol. The summed E-state index contributed by atoms with van der Waals surface area (Å²) >= 11 is 0. The largest absolute Gasteiger partial charge is 0.294 e. The highest BCUT2D eigenvalue weighted by molar-refractivity contribution is 7.89. The van der Waals surface area contributed by atoms with E-state index in [1.165, 1.54) is 82.4 Å². The van der Waals surface area contributed by atoms with Gasteiger partial charge in [-0.05, 0) is 24.3 Å². The Morgan fingerprint density at radius 1 is 0.667 bits per heavy atom. The monoisotopic (exact) mass is 632 g/mol. The van der Waals surface area contributed by atoms with Crippen molar-refractivity contribution in [1.82, 2.24) is 39.7 Å². The Balaban J connectivity index is 1.54. The Labute approximate surface area is 239 Å². The number of benzene rings is 2. The van der Waals surface area contributed by atoms with E-state index in [2.05, 4.69) is 30.3 Å². The molecule has 5 rings (SSSR count). The molecule has 5 aromatic rings. The molecule has 0 amide bonds. The molecule has 42 heavy (non-hydrogen) atoms. The van der Waals surface area contributed by atoms with Crippen LogP contribution in [-0.4, -0.2) is 75.9 Å². The molecule has 0 unspecified atom stereocenters. The van der Waals surface area contributed by atoms with Gasteiger partial charge in [-0.25, -0.2) is 27.5 Å². The molecule has 0 atom stereocenters. The van der Waals surface area contributed by atoms with E-state index in [0.29, 0.717) is 22.5 Å². The number of hydrogen-bond acceptors (Lipinski definition) is 11. The lowest BCUT2D eigenvalue weighted by Gasteiger charge is -2.09. The highest BCUT2D eigenvalue weighted by Gasteiger charge is 2.20. The topological polar surface area (TPSA) is 229 Å². The normalized spacial score (nSPS) is 12.5. The molecule has 0 radical (unpaired) electrons. The van der Waals surface area contributed by atoms with Crippen molar-refractivity contribution in [1.29, 1.82) is 0 Å². The van der Waals surface area contributed by atoms with E-state index in [1.54, 1.807) is 6.92 Å². The number of aromatic nitrogens is 7. The van der Waals surface area contributed by atoms with Gasteiger partial charge in [0.1, 0.15) is 11.4 Å². The Morgan fingerprint density at radius 3 is 1.43 bits per heavy atom. The number of pyridine rings is 1. The van der Waals surface area contributed by atoms with Crippen LogP contribution in [0.3, 0.4) is 0 Å². The van der Waals surface area contributed by atoms with Crippen LogP contribution in [0.4, 0.5) is 0 Å². The molecular formula is C23H20N8O8S3. The van der Waals surface area contributed by atoms with Crippen molar-refractivity contribution >= 4 is 30.3 Å². The molecule has 2 aromatic carbocycles. The minimum Gasteiger partial charge on any atom is -0.282 e. The van der Waals surface area contributed by atoms with Gasteiger partial charge in [0, 0.05) is 29.8 Å². The third-order valence-corrected chi connectivity index (χ3v) is 9.03. The van der Waals surface area contributed by atoms with E-state index in [9.17, 15) is 34.4 Å². The fourth-order valence-corrected chi connectivity index (χ4v) is 5.78. The molecule has 0 spiro atoms. The molecule has 3 heterocycles. The van der Waals surface area contributed by atoms with Crippen molar-refractivity contribution in [2.45, 2.75) is 21.6 Å². The van der Waals surface area contributed by atoms with E-state index in [0.717, 1.165) is 0 Å². The lowest BCUT2D eigenvalue weighted by Crippen LogP contribution is -2.24. The van der Waals surface area contributed by atoms with Gasteiger partial charge in [0.25, 0.3) is 20.2 Å². The first-order chi connectivity index (χ1) is 19.7. The zero-order chi connectivity index (χ0) is 30.3. The van der Waals surface area contributed by atoms with Crippen LogP contribution in [0.15, 0.2) is 87.7 Å². The summed E-state index contributed by atoms with van der Waals surface area (Å²) in [5, 5.41) is 16.2. The fourth-order valence-electron chi connectivity index (χ4n) is 3.75. The van der Waals surface area contributed by atoms with Gasteiger partial charge in [0.05, 0.1) is 27.1 Å². The molecule has 0 fully saturated rings. The standard InChI is InChI=1S/C23H20N8O8S3/c1-2-24-40(32,33)19-11-22(30-13-20(26-28-30)15-3-7-17(8-4-15)41(34,35)36)25-23(12-19)31-14-21(27-29-31)16-5-9-18(10-6-16)42(37,38)39/h3-14,24H,2H2,1H3,(H,34,35,36)(H,37,38,39). The minimum absolute atomic E-state index is 0.0480. The van der Waals surface area contributed by atoms with E-state index in [1.807, 2.05) is 0 Å². The molecule has 19 heteroatoms. The number of sulfonamides is 1. The van der Waals surface area contributed by atoms with Crippen LogP contribution < -0.4 is 4.72 Å². The first-order valence-electron chi connectivity index (χ1n) is 11.8. The van der Waals surface area contributed by atoms with Crippen LogP contribution in [-0.2, 0) is 30.3 Å². The summed E-state index contributed by atoms with van der Waals surface area (Å²) in [6.07, 6.45) is 2.89. The Morgan fingerprint density at radius 2 is 1.07 bits per heavy atom. The molecule has 0 aliphatic rings. The Kier molecular flexibility index (Phi) is 7.47. The smallest absolute Gasteiger partial charge is 0.282 e. The molecule has 0 saturated heterocycles. The Hall–Kier alpha value is -4.40. The summed E-state index contributed by atoms with van der Waals surface area (Å²) in [7, 11) is -12.7. The van der Waals surface area contributed by atoms with Crippen molar-refractivity contribution in [3.05, 3.63) is 73.1 Å². The summed E-state index contributed by atoms with van der Waals surface area (Å²) in [5.41, 5.74) is 1.53. The average molecular weight is 633 g/mol. The molecule has 0 bridgehead atoms. The van der Waals surface area contributed by atoms with Crippen molar-refractivity contribution < 1.29 is 34.4 Å². The van der Waals surface area contributed by atoms with Gasteiger partial charge in [0.2, 0.25) is 10.0 Å². The zero-order valence-electron chi connectivity index (χ0n) is 21.3. The van der Waals surface area contributed by atoms with Crippen molar-refractivity contribution in [2.75, 3.05) is 6.54 Å². The van der Waals surface area contributed by atoms with Gasteiger partial charge in [-0.2, -0.15) is 16.8 Å². The van der Waals surface area contributed by atoms with Gasteiger partial charge in [-0.1, -0.05) is 41.6 Å². The molecule has 218 valence electrons. The first kappa shape index (κ1) is 29.1. The van der Waals surface area contributed by atoms with Crippen LogP contribution >= 0.6 is 0 Å². The van der Waals surface area contributed by atoms with Gasteiger partial charge in [0.15, 0.2) is 11.6 Å². The Bertz CT molecular complexity index is 1980. The van der Waals surface area contributed by atoms with Gasteiger partial charge < -0.3 is 0 Å². The van der Waals surface area contributed by atoms with E-state index < -0.39 is 30.3 Å². The third kappa shape index (κ3) is 6.10. The predicted octanol–water partition coefficient (Wildman–Crippen LogP) is 1.37. The summed E-state index contributed by atoms with van der Waals surface area (Å²) in [5.74, 6) is 0.0960. The fraction of sp³-hybridized carbons (Fsp3) is 0.0870. The number of hydrogen-bond donors (Lipinski definition) is 3. The van der Waals surface area contributed by atoms with Crippen molar-refractivity contribution in [2.24, 2.45) is 0 Å². The van der Waals surface area contributed by atoms with Crippen LogP contribution in [0.2, 0.25) is 0 Å². The molecule has 0 saturated carbocycles. The van der Waals surface area contributed by atoms with Crippen LogP contribution in [0.1, 0.15) is 6.92 Å². The molecule has 0 aliphatic carbocycles. The van der Waals surface area contributed by atoms with Crippen molar-refractivity contribution in [3.8, 4) is 34.2 Å². The molecule has 3 aromatic heterocycles. The van der Waals surface area contributed by atoms with E-state index in [-0.39, 0.29) is 32.9 Å². The number of rotatable bonds is 9. The highest BCUT2D eigenvalue weighted by Crippen LogP contribution is 2.24. The number of nitrogens with zero attached hydrogens (tertiary/aromatic N) is 7. The maximum atomic E-state index is 12.9. The summed E-state index contributed by atoms with van der Waals surface area (Å²) in [4.78, 5) is 3.70. The summed E-state index contributed by atoms with van der Waals surface area (Å²) < 4.78 is 94.4. The van der Waals surface area contributed by atoms with Gasteiger partial charge in [-0.3, -0.25) is 9.11 Å². The zero-order valence-corrected chi connectivity index (χ0v) is 23.8. The second-order valence-corrected chi connectivity index (χ2v) is 13.2. The van der Waals surface area contributed by atoms with Crippen LogP contribution in [0.25, 0.3) is 34.2 Å². The SMILES string of the molecule is CCNS(=O)(=O)c1cc(-n2cc(-c3ccc(S(=O)(=O)O)cc3)nn2)nc(-n2cc(-c3ccc(S(=O)(=O)O)cc3)nn2)c1. The van der Waals surface area contributed by atoms with E-state index >= 15 is 0 Å². The molecular weight excluding hydrogens is 613 g/mol. The van der Waals surface area contributed by atoms with Gasteiger partial charge >= 0.3 is 0 Å².